The molecule has 1 aromatic rings. The maximum atomic E-state index is 12.0. The summed E-state index contributed by atoms with van der Waals surface area (Å²) in [5.74, 6) is 0.408. The van der Waals surface area contributed by atoms with E-state index in [1.807, 2.05) is 41.5 Å². The number of rotatable bonds is 2. The number of esters is 1. The molecule has 0 atom stereocenters. The van der Waals surface area contributed by atoms with E-state index in [0.717, 1.165) is 16.7 Å². The van der Waals surface area contributed by atoms with Crippen LogP contribution in [0.1, 0.15) is 72.1 Å². The minimum atomic E-state index is -0.256. The van der Waals surface area contributed by atoms with Crippen molar-refractivity contribution in [1.29, 1.82) is 0 Å². The molecule has 3 nitrogen and oxygen atoms in total. The van der Waals surface area contributed by atoms with E-state index in [0.29, 0.717) is 11.5 Å². The second kappa shape index (κ2) is 5.94. The van der Waals surface area contributed by atoms with Crippen LogP contribution in [-0.4, -0.2) is 11.1 Å². The van der Waals surface area contributed by atoms with Crippen LogP contribution >= 0.6 is 0 Å². The Kier molecular flexibility index (Phi) is 5.01. The van der Waals surface area contributed by atoms with E-state index in [1.54, 1.807) is 6.07 Å². The number of phenolic OH excluding ortho intramolecular Hbond substituents is 1. The summed E-state index contributed by atoms with van der Waals surface area (Å²) in [6, 6.07) is 1.81. The van der Waals surface area contributed by atoms with Gasteiger partial charge in [-0.3, -0.25) is 4.79 Å². The van der Waals surface area contributed by atoms with Gasteiger partial charge in [-0.1, -0.05) is 55.4 Å². The second-order valence-electron chi connectivity index (χ2n) is 8.35. The number of carbonyl (C=O) groups excluding carboxylic acids is 1. The molecule has 1 rings (SSSR count). The van der Waals surface area contributed by atoms with Crippen molar-refractivity contribution in [1.82, 2.24) is 0 Å². The highest BCUT2D eigenvalue weighted by atomic mass is 16.5. The van der Waals surface area contributed by atoms with Crippen LogP contribution in [0, 0.1) is 12.8 Å². The Labute approximate surface area is 134 Å². The van der Waals surface area contributed by atoms with E-state index in [4.69, 9.17) is 4.74 Å². The molecule has 0 bridgehead atoms. The predicted molar refractivity (Wildman–Crippen MR) is 90.7 cm³/mol. The van der Waals surface area contributed by atoms with Crippen LogP contribution in [0.2, 0.25) is 0 Å². The average Bonchev–Trinajstić information content (AvgIpc) is 2.28. The summed E-state index contributed by atoms with van der Waals surface area (Å²) in [6.45, 7) is 17.8. The Bertz CT molecular complexity index is 570. The second-order valence-corrected chi connectivity index (χ2v) is 8.35. The molecule has 0 aliphatic heterocycles. The average molecular weight is 306 g/mol. The maximum absolute atomic E-state index is 12.0. The van der Waals surface area contributed by atoms with Crippen molar-refractivity contribution in [3.05, 3.63) is 22.8 Å². The third kappa shape index (κ3) is 3.82. The molecular formula is C19H30O3. The minimum absolute atomic E-state index is 0.190. The number of carbonyl (C=O) groups is 1. The monoisotopic (exact) mass is 306 g/mol. The lowest BCUT2D eigenvalue weighted by Crippen LogP contribution is -2.21. The summed E-state index contributed by atoms with van der Waals surface area (Å²) in [5, 5.41) is 10.8. The fraction of sp³-hybridized carbons (Fsp3) is 0.632. The molecule has 0 aliphatic carbocycles. The standard InChI is InChI=1S/C19H30O3/c1-11(2)17(21)22-14-10-13(18(4,5)6)16(20)15(12(14)3)19(7,8)9/h10-11,20H,1-9H3. The smallest absolute Gasteiger partial charge is 0.313 e. The van der Waals surface area contributed by atoms with Crippen molar-refractivity contribution >= 4 is 5.97 Å². The fourth-order valence-electron chi connectivity index (χ4n) is 2.56. The fourth-order valence-corrected chi connectivity index (χ4v) is 2.56. The van der Waals surface area contributed by atoms with Gasteiger partial charge in [0, 0.05) is 11.1 Å². The van der Waals surface area contributed by atoms with Gasteiger partial charge in [0.15, 0.2) is 0 Å². The van der Waals surface area contributed by atoms with Crippen molar-refractivity contribution in [3.63, 3.8) is 0 Å². The van der Waals surface area contributed by atoms with Gasteiger partial charge in [-0.15, -0.1) is 0 Å². The number of benzene rings is 1. The van der Waals surface area contributed by atoms with Crippen LogP contribution in [-0.2, 0) is 15.6 Å². The number of hydrogen-bond acceptors (Lipinski definition) is 3. The van der Waals surface area contributed by atoms with E-state index in [2.05, 4.69) is 20.8 Å². The zero-order valence-electron chi connectivity index (χ0n) is 15.4. The molecule has 0 radical (unpaired) electrons. The van der Waals surface area contributed by atoms with Gasteiger partial charge in [-0.2, -0.15) is 0 Å². The number of aromatic hydroxyl groups is 1. The molecule has 1 N–H and O–H groups in total. The number of ether oxygens (including phenoxy) is 1. The van der Waals surface area contributed by atoms with Gasteiger partial charge in [0.25, 0.3) is 0 Å². The molecule has 0 spiro atoms. The molecule has 0 saturated heterocycles. The lowest BCUT2D eigenvalue weighted by molar-refractivity contribution is -0.137. The van der Waals surface area contributed by atoms with Crippen LogP contribution in [0.25, 0.3) is 0 Å². The topological polar surface area (TPSA) is 46.5 Å². The van der Waals surface area contributed by atoms with Crippen LogP contribution in [0.5, 0.6) is 11.5 Å². The Hall–Kier alpha value is -1.51. The highest BCUT2D eigenvalue weighted by Crippen LogP contribution is 2.44. The first-order valence-electron chi connectivity index (χ1n) is 7.86. The summed E-state index contributed by atoms with van der Waals surface area (Å²) in [7, 11) is 0. The van der Waals surface area contributed by atoms with E-state index in [-0.39, 0.29) is 22.7 Å². The van der Waals surface area contributed by atoms with Gasteiger partial charge in [-0.05, 0) is 29.4 Å². The quantitative estimate of drug-likeness (QED) is 0.627. The molecule has 0 saturated carbocycles. The summed E-state index contributed by atoms with van der Waals surface area (Å²) in [5.41, 5.74) is 1.98. The maximum Gasteiger partial charge on any atom is 0.313 e. The zero-order chi connectivity index (χ0) is 17.5. The van der Waals surface area contributed by atoms with Crippen molar-refractivity contribution in [2.75, 3.05) is 0 Å². The van der Waals surface area contributed by atoms with Gasteiger partial charge in [0.1, 0.15) is 11.5 Å². The largest absolute Gasteiger partial charge is 0.507 e. The normalized spacial score (nSPS) is 12.6. The Balaban J connectivity index is 3.62. The highest BCUT2D eigenvalue weighted by molar-refractivity contribution is 5.75. The van der Waals surface area contributed by atoms with E-state index < -0.39 is 0 Å². The van der Waals surface area contributed by atoms with Crippen molar-refractivity contribution in [2.45, 2.75) is 73.1 Å². The number of phenols is 1. The summed E-state index contributed by atoms with van der Waals surface area (Å²) < 4.78 is 5.58. The lowest BCUT2D eigenvalue weighted by atomic mass is 9.77. The highest BCUT2D eigenvalue weighted by Gasteiger charge is 2.30. The Morgan fingerprint density at radius 2 is 1.59 bits per heavy atom. The number of hydrogen-bond donors (Lipinski definition) is 1. The van der Waals surface area contributed by atoms with Gasteiger partial charge in [-0.25, -0.2) is 0 Å². The minimum Gasteiger partial charge on any atom is -0.507 e. The van der Waals surface area contributed by atoms with Crippen LogP contribution in [0.4, 0.5) is 0 Å². The van der Waals surface area contributed by atoms with Crippen LogP contribution < -0.4 is 4.74 Å². The van der Waals surface area contributed by atoms with E-state index in [1.165, 1.54) is 0 Å². The predicted octanol–water partition coefficient (Wildman–Crippen LogP) is 4.86. The molecule has 22 heavy (non-hydrogen) atoms. The Morgan fingerprint density at radius 3 is 1.95 bits per heavy atom. The first-order chi connectivity index (χ1) is 9.76. The van der Waals surface area contributed by atoms with E-state index in [9.17, 15) is 9.90 Å². The molecule has 0 fully saturated rings. The molecule has 124 valence electrons. The van der Waals surface area contributed by atoms with Crippen LogP contribution in [0.15, 0.2) is 6.07 Å². The summed E-state index contributed by atoms with van der Waals surface area (Å²) >= 11 is 0. The first-order valence-corrected chi connectivity index (χ1v) is 7.86. The third-order valence-electron chi connectivity index (χ3n) is 3.75. The molecule has 0 amide bonds. The van der Waals surface area contributed by atoms with Crippen molar-refractivity contribution in [2.24, 2.45) is 5.92 Å². The summed E-state index contributed by atoms with van der Waals surface area (Å²) in [6.07, 6.45) is 0. The van der Waals surface area contributed by atoms with Gasteiger partial charge in [0.05, 0.1) is 5.92 Å². The molecule has 0 unspecified atom stereocenters. The molecular weight excluding hydrogens is 276 g/mol. The summed E-state index contributed by atoms with van der Waals surface area (Å²) in [4.78, 5) is 12.0. The molecule has 1 aromatic carbocycles. The lowest BCUT2D eigenvalue weighted by Gasteiger charge is -2.30. The SMILES string of the molecule is Cc1c(OC(=O)C(C)C)cc(C(C)(C)C)c(O)c1C(C)(C)C. The third-order valence-corrected chi connectivity index (χ3v) is 3.75. The van der Waals surface area contributed by atoms with Gasteiger partial charge >= 0.3 is 5.97 Å². The molecule has 0 heterocycles. The molecule has 0 aromatic heterocycles. The first kappa shape index (κ1) is 18.5. The van der Waals surface area contributed by atoms with Gasteiger partial charge in [0.2, 0.25) is 0 Å². The van der Waals surface area contributed by atoms with Gasteiger partial charge < -0.3 is 9.84 Å². The van der Waals surface area contributed by atoms with Crippen LogP contribution in [0.3, 0.4) is 0 Å². The molecule has 0 aliphatic rings. The van der Waals surface area contributed by atoms with E-state index >= 15 is 0 Å². The Morgan fingerprint density at radius 1 is 1.09 bits per heavy atom. The van der Waals surface area contributed by atoms with Crippen molar-refractivity contribution < 1.29 is 14.6 Å². The molecule has 3 heteroatoms. The zero-order valence-corrected chi connectivity index (χ0v) is 15.4. The van der Waals surface area contributed by atoms with Crippen molar-refractivity contribution in [3.8, 4) is 11.5 Å².